The normalized spacial score (nSPS) is 10.6. The Morgan fingerprint density at radius 2 is 2.00 bits per heavy atom. The third-order valence-electron chi connectivity index (χ3n) is 2.63. The van der Waals surface area contributed by atoms with Crippen LogP contribution in [-0.4, -0.2) is 9.97 Å². The maximum absolute atomic E-state index is 6.18. The smallest absolute Gasteiger partial charge is 0.138 e. The van der Waals surface area contributed by atoms with E-state index in [1.54, 1.807) is 0 Å². The summed E-state index contributed by atoms with van der Waals surface area (Å²) in [6, 6.07) is 5.61. The van der Waals surface area contributed by atoms with Crippen LogP contribution in [-0.2, 0) is 6.42 Å². The molecule has 0 atom stereocenters. The average molecular weight is 361 g/mol. The Bertz CT molecular complexity index is 617. The first kappa shape index (κ1) is 14.6. The molecule has 2 rings (SSSR count). The highest BCUT2D eigenvalue weighted by atomic mass is 79.9. The second kappa shape index (κ2) is 6.07. The molecule has 1 aromatic carbocycles. The summed E-state index contributed by atoms with van der Waals surface area (Å²) in [6.07, 6.45) is 0.725. The minimum absolute atomic E-state index is 0.461. The van der Waals surface area contributed by atoms with Crippen molar-refractivity contribution in [2.45, 2.75) is 20.3 Å². The van der Waals surface area contributed by atoms with Crippen molar-refractivity contribution < 1.29 is 0 Å². The first-order valence-electron chi connectivity index (χ1n) is 5.76. The van der Waals surface area contributed by atoms with Crippen molar-refractivity contribution in [2.24, 2.45) is 0 Å². The molecule has 0 saturated heterocycles. The molecule has 2 aromatic rings. The van der Waals surface area contributed by atoms with E-state index in [0.717, 1.165) is 22.1 Å². The molecule has 0 aliphatic heterocycles. The number of aryl methyl sites for hydroxylation is 1. The predicted octanol–water partition coefficient (Wildman–Crippen LogP) is 5.16. The molecule has 1 N–H and O–H groups in total. The molecule has 100 valence electrons. The van der Waals surface area contributed by atoms with Gasteiger partial charge >= 0.3 is 0 Å². The van der Waals surface area contributed by atoms with Crippen LogP contribution in [0.2, 0.25) is 10.2 Å². The number of hydrogen-bond donors (Lipinski definition) is 1. The molecule has 1 aromatic heterocycles. The van der Waals surface area contributed by atoms with Crippen LogP contribution in [0.5, 0.6) is 0 Å². The number of anilines is 2. The fourth-order valence-corrected chi connectivity index (χ4v) is 2.44. The van der Waals surface area contributed by atoms with E-state index >= 15 is 0 Å². The Morgan fingerprint density at radius 1 is 1.26 bits per heavy atom. The van der Waals surface area contributed by atoms with Gasteiger partial charge in [0, 0.05) is 16.5 Å². The molecule has 19 heavy (non-hydrogen) atoms. The predicted molar refractivity (Wildman–Crippen MR) is 83.6 cm³/mol. The van der Waals surface area contributed by atoms with Crippen molar-refractivity contribution in [1.29, 1.82) is 0 Å². The Hall–Kier alpha value is -0.840. The van der Waals surface area contributed by atoms with Gasteiger partial charge in [-0.2, -0.15) is 0 Å². The summed E-state index contributed by atoms with van der Waals surface area (Å²) in [5, 5.41) is 4.27. The SMILES string of the molecule is CCc1nc(Cl)c(C)c(Nc2ccc(Br)cc2Cl)n1. The zero-order valence-electron chi connectivity index (χ0n) is 10.5. The van der Waals surface area contributed by atoms with Gasteiger partial charge in [-0.25, -0.2) is 9.97 Å². The first-order chi connectivity index (χ1) is 9.01. The number of nitrogens with one attached hydrogen (secondary N) is 1. The maximum atomic E-state index is 6.18. The molecule has 0 aliphatic rings. The number of hydrogen-bond acceptors (Lipinski definition) is 3. The van der Waals surface area contributed by atoms with Crippen LogP contribution < -0.4 is 5.32 Å². The van der Waals surface area contributed by atoms with Gasteiger partial charge in [0.05, 0.1) is 10.7 Å². The van der Waals surface area contributed by atoms with Gasteiger partial charge in [-0.3, -0.25) is 0 Å². The number of halogens is 3. The minimum Gasteiger partial charge on any atom is -0.339 e. The second-order valence-electron chi connectivity index (χ2n) is 4.01. The van der Waals surface area contributed by atoms with Crippen molar-refractivity contribution >= 4 is 50.6 Å². The Kier molecular flexibility index (Phi) is 4.66. The highest BCUT2D eigenvalue weighted by molar-refractivity contribution is 9.10. The molecule has 0 fully saturated rings. The molecular formula is C13H12BrCl2N3. The summed E-state index contributed by atoms with van der Waals surface area (Å²) in [5.41, 5.74) is 1.59. The van der Waals surface area contributed by atoms with Gasteiger partial charge in [-0.1, -0.05) is 46.1 Å². The lowest BCUT2D eigenvalue weighted by Gasteiger charge is -2.12. The molecule has 0 saturated carbocycles. The zero-order chi connectivity index (χ0) is 14.0. The van der Waals surface area contributed by atoms with E-state index in [9.17, 15) is 0 Å². The minimum atomic E-state index is 0.461. The molecule has 0 aliphatic carbocycles. The number of rotatable bonds is 3. The summed E-state index contributed by atoms with van der Waals surface area (Å²) in [5.74, 6) is 1.38. The molecule has 0 radical (unpaired) electrons. The Balaban J connectivity index is 2.40. The molecule has 0 amide bonds. The van der Waals surface area contributed by atoms with Gasteiger partial charge in [0.25, 0.3) is 0 Å². The van der Waals surface area contributed by atoms with E-state index in [0.29, 0.717) is 21.8 Å². The molecule has 3 nitrogen and oxygen atoms in total. The van der Waals surface area contributed by atoms with E-state index in [-0.39, 0.29) is 0 Å². The lowest BCUT2D eigenvalue weighted by Crippen LogP contribution is -2.03. The number of benzene rings is 1. The molecule has 1 heterocycles. The van der Waals surface area contributed by atoms with E-state index in [4.69, 9.17) is 23.2 Å². The van der Waals surface area contributed by atoms with Crippen LogP contribution in [0.15, 0.2) is 22.7 Å². The van der Waals surface area contributed by atoms with Crippen molar-refractivity contribution in [1.82, 2.24) is 9.97 Å². The van der Waals surface area contributed by atoms with Gasteiger partial charge in [0.1, 0.15) is 16.8 Å². The van der Waals surface area contributed by atoms with Crippen molar-refractivity contribution in [3.63, 3.8) is 0 Å². The topological polar surface area (TPSA) is 37.8 Å². The summed E-state index contributed by atoms with van der Waals surface area (Å²) in [6.45, 7) is 3.86. The van der Waals surface area contributed by atoms with Crippen LogP contribution in [0.3, 0.4) is 0 Å². The summed E-state index contributed by atoms with van der Waals surface area (Å²) in [7, 11) is 0. The van der Waals surface area contributed by atoms with Crippen LogP contribution in [0.25, 0.3) is 0 Å². The van der Waals surface area contributed by atoms with E-state index in [1.807, 2.05) is 32.0 Å². The van der Waals surface area contributed by atoms with E-state index in [1.165, 1.54) is 0 Å². The Morgan fingerprint density at radius 3 is 2.63 bits per heavy atom. The van der Waals surface area contributed by atoms with Crippen LogP contribution >= 0.6 is 39.1 Å². The average Bonchev–Trinajstić information content (AvgIpc) is 2.37. The third kappa shape index (κ3) is 3.38. The molecule has 0 unspecified atom stereocenters. The van der Waals surface area contributed by atoms with E-state index < -0.39 is 0 Å². The fraction of sp³-hybridized carbons (Fsp3) is 0.231. The van der Waals surface area contributed by atoms with E-state index in [2.05, 4.69) is 31.2 Å². The van der Waals surface area contributed by atoms with Crippen LogP contribution in [0.4, 0.5) is 11.5 Å². The lowest BCUT2D eigenvalue weighted by molar-refractivity contribution is 0.934. The standard InChI is InChI=1S/C13H12BrCl2N3/c1-3-11-18-12(16)7(2)13(19-11)17-10-5-4-8(14)6-9(10)15/h4-6H,3H2,1-2H3,(H,17,18,19). The molecule has 6 heteroatoms. The van der Waals surface area contributed by atoms with Gasteiger partial charge in [0.15, 0.2) is 0 Å². The van der Waals surface area contributed by atoms with Crippen molar-refractivity contribution in [2.75, 3.05) is 5.32 Å². The second-order valence-corrected chi connectivity index (χ2v) is 5.69. The fourth-order valence-electron chi connectivity index (χ4n) is 1.53. The number of aromatic nitrogens is 2. The van der Waals surface area contributed by atoms with Gasteiger partial charge in [-0.15, -0.1) is 0 Å². The van der Waals surface area contributed by atoms with Crippen LogP contribution in [0, 0.1) is 6.92 Å². The molecule has 0 bridgehead atoms. The first-order valence-corrected chi connectivity index (χ1v) is 7.31. The third-order valence-corrected chi connectivity index (χ3v) is 3.81. The monoisotopic (exact) mass is 359 g/mol. The highest BCUT2D eigenvalue weighted by Crippen LogP contribution is 2.30. The zero-order valence-corrected chi connectivity index (χ0v) is 13.6. The summed E-state index contributed by atoms with van der Waals surface area (Å²) in [4.78, 5) is 8.64. The van der Waals surface area contributed by atoms with Gasteiger partial charge in [0.2, 0.25) is 0 Å². The molecular weight excluding hydrogens is 349 g/mol. The highest BCUT2D eigenvalue weighted by Gasteiger charge is 2.10. The lowest BCUT2D eigenvalue weighted by atomic mass is 10.3. The van der Waals surface area contributed by atoms with Gasteiger partial charge in [-0.05, 0) is 25.1 Å². The van der Waals surface area contributed by atoms with Gasteiger partial charge < -0.3 is 5.32 Å². The van der Waals surface area contributed by atoms with Crippen molar-refractivity contribution in [3.8, 4) is 0 Å². The largest absolute Gasteiger partial charge is 0.339 e. The summed E-state index contributed by atoms with van der Waals surface area (Å²) < 4.78 is 0.926. The number of nitrogens with zero attached hydrogens (tertiary/aromatic N) is 2. The molecule has 0 spiro atoms. The summed E-state index contributed by atoms with van der Waals surface area (Å²) >= 11 is 15.6. The quantitative estimate of drug-likeness (QED) is 0.768. The van der Waals surface area contributed by atoms with Crippen LogP contribution in [0.1, 0.15) is 18.3 Å². The van der Waals surface area contributed by atoms with Crippen molar-refractivity contribution in [3.05, 3.63) is 44.2 Å². The Labute approximate surface area is 130 Å². The maximum Gasteiger partial charge on any atom is 0.138 e.